The molecule has 0 aliphatic heterocycles. The van der Waals surface area contributed by atoms with Gasteiger partial charge >= 0.3 is 0 Å². The summed E-state index contributed by atoms with van der Waals surface area (Å²) in [6.45, 7) is 2.05. The predicted molar refractivity (Wildman–Crippen MR) is 68.0 cm³/mol. The first-order chi connectivity index (χ1) is 8.13. The zero-order valence-corrected chi connectivity index (χ0v) is 11.5. The Morgan fingerprint density at radius 1 is 1.41 bits per heavy atom. The molecule has 0 fully saturated rings. The van der Waals surface area contributed by atoms with E-state index in [1.54, 1.807) is 16.7 Å². The number of hydrogen-bond acceptors (Lipinski definition) is 2. The molecule has 0 aliphatic rings. The molecule has 0 spiro atoms. The van der Waals surface area contributed by atoms with Crippen molar-refractivity contribution in [1.29, 1.82) is 0 Å². The summed E-state index contributed by atoms with van der Waals surface area (Å²) in [5.74, 6) is 0.464. The third-order valence-electron chi connectivity index (χ3n) is 2.33. The molecule has 0 amide bonds. The minimum atomic E-state index is -0.310. The molecule has 0 saturated carbocycles. The Labute approximate surface area is 112 Å². The molecule has 0 N–H and O–H groups in total. The van der Waals surface area contributed by atoms with Crippen LogP contribution in [0.3, 0.4) is 0 Å². The van der Waals surface area contributed by atoms with Gasteiger partial charge in [0.1, 0.15) is 11.6 Å². The van der Waals surface area contributed by atoms with E-state index in [0.29, 0.717) is 4.47 Å². The monoisotopic (exact) mass is 317 g/mol. The van der Waals surface area contributed by atoms with Crippen LogP contribution in [-0.2, 0) is 6.42 Å². The van der Waals surface area contributed by atoms with Gasteiger partial charge in [-0.2, -0.15) is 0 Å². The molecule has 6 heteroatoms. The van der Waals surface area contributed by atoms with Crippen molar-refractivity contribution in [2.24, 2.45) is 0 Å². The highest BCUT2D eigenvalue weighted by Gasteiger charge is 2.12. The van der Waals surface area contributed by atoms with Gasteiger partial charge < -0.3 is 0 Å². The van der Waals surface area contributed by atoms with Gasteiger partial charge in [0.05, 0.1) is 10.2 Å². The van der Waals surface area contributed by atoms with Crippen LogP contribution >= 0.6 is 27.5 Å². The molecule has 17 heavy (non-hydrogen) atoms. The van der Waals surface area contributed by atoms with Crippen LogP contribution in [0.25, 0.3) is 5.69 Å². The Bertz CT molecular complexity index is 542. The molecule has 1 heterocycles. The maximum Gasteiger partial charge on any atom is 0.229 e. The Morgan fingerprint density at radius 3 is 2.82 bits per heavy atom. The Balaban J connectivity index is 2.51. The van der Waals surface area contributed by atoms with E-state index >= 15 is 0 Å². The maximum atomic E-state index is 13.2. The van der Waals surface area contributed by atoms with Crippen molar-refractivity contribution in [3.63, 3.8) is 0 Å². The molecule has 1 aromatic carbocycles. The van der Waals surface area contributed by atoms with Crippen molar-refractivity contribution in [3.05, 3.63) is 39.6 Å². The molecule has 0 aliphatic carbocycles. The third kappa shape index (κ3) is 2.50. The molecule has 2 aromatic rings. The second-order valence-corrected chi connectivity index (χ2v) is 4.76. The van der Waals surface area contributed by atoms with E-state index in [-0.39, 0.29) is 11.1 Å². The topological polar surface area (TPSA) is 30.7 Å². The van der Waals surface area contributed by atoms with E-state index in [4.69, 9.17) is 11.6 Å². The Kier molecular flexibility index (Phi) is 3.79. The van der Waals surface area contributed by atoms with Crippen molar-refractivity contribution in [2.45, 2.75) is 19.8 Å². The van der Waals surface area contributed by atoms with Gasteiger partial charge in [-0.3, -0.25) is 4.57 Å². The van der Waals surface area contributed by atoms with Gasteiger partial charge in [-0.1, -0.05) is 6.92 Å². The van der Waals surface area contributed by atoms with E-state index in [2.05, 4.69) is 26.1 Å². The molecule has 0 bridgehead atoms. The smallest absolute Gasteiger partial charge is 0.229 e. The van der Waals surface area contributed by atoms with Gasteiger partial charge in [0, 0.05) is 6.42 Å². The average Bonchev–Trinajstić information content (AvgIpc) is 2.65. The van der Waals surface area contributed by atoms with Crippen molar-refractivity contribution in [2.75, 3.05) is 0 Å². The van der Waals surface area contributed by atoms with E-state index in [1.165, 1.54) is 6.07 Å². The number of benzene rings is 1. The van der Waals surface area contributed by atoms with Gasteiger partial charge in [-0.15, -0.1) is 10.2 Å². The first-order valence-electron chi connectivity index (χ1n) is 5.18. The molecule has 0 saturated heterocycles. The lowest BCUT2D eigenvalue weighted by atomic mass is 10.3. The normalized spacial score (nSPS) is 10.8. The van der Waals surface area contributed by atoms with E-state index in [9.17, 15) is 4.39 Å². The van der Waals surface area contributed by atoms with Crippen LogP contribution < -0.4 is 0 Å². The predicted octanol–water partition coefficient (Wildman–Crippen LogP) is 3.77. The fourth-order valence-corrected chi connectivity index (χ4v) is 2.16. The first-order valence-corrected chi connectivity index (χ1v) is 6.35. The average molecular weight is 319 g/mol. The molecular weight excluding hydrogens is 308 g/mol. The Hall–Kier alpha value is -0.940. The largest absolute Gasteiger partial charge is 0.270 e. The summed E-state index contributed by atoms with van der Waals surface area (Å²) >= 11 is 9.14. The number of aromatic nitrogens is 3. The standard InChI is InChI=1S/C11H10BrClFN3/c1-2-3-10-15-16-11(13)17(10)7-4-5-9(14)8(12)6-7/h4-6H,2-3H2,1H3. The SMILES string of the molecule is CCCc1nnc(Cl)n1-c1ccc(F)c(Br)c1. The maximum absolute atomic E-state index is 13.2. The minimum absolute atomic E-state index is 0.284. The van der Waals surface area contributed by atoms with Crippen LogP contribution in [0, 0.1) is 5.82 Å². The van der Waals surface area contributed by atoms with Gasteiger partial charge in [0.2, 0.25) is 5.28 Å². The van der Waals surface area contributed by atoms with Crippen LogP contribution in [0.5, 0.6) is 0 Å². The first kappa shape index (κ1) is 12.5. The van der Waals surface area contributed by atoms with Crippen molar-refractivity contribution >= 4 is 27.5 Å². The van der Waals surface area contributed by atoms with Gasteiger partial charge in [0.25, 0.3) is 0 Å². The molecule has 2 rings (SSSR count). The lowest BCUT2D eigenvalue weighted by molar-refractivity contribution is 0.620. The van der Waals surface area contributed by atoms with Crippen molar-refractivity contribution < 1.29 is 4.39 Å². The summed E-state index contributed by atoms with van der Waals surface area (Å²) in [5.41, 5.74) is 0.747. The van der Waals surface area contributed by atoms with E-state index in [0.717, 1.165) is 24.4 Å². The highest BCUT2D eigenvalue weighted by atomic mass is 79.9. The fourth-order valence-electron chi connectivity index (χ4n) is 1.56. The Morgan fingerprint density at radius 2 is 2.18 bits per heavy atom. The zero-order chi connectivity index (χ0) is 12.4. The summed E-state index contributed by atoms with van der Waals surface area (Å²) in [6.07, 6.45) is 1.71. The quantitative estimate of drug-likeness (QED) is 0.862. The fraction of sp³-hybridized carbons (Fsp3) is 0.273. The molecule has 1 aromatic heterocycles. The summed E-state index contributed by atoms with van der Waals surface area (Å²) < 4.78 is 15.3. The molecule has 90 valence electrons. The number of halogens is 3. The minimum Gasteiger partial charge on any atom is -0.270 e. The lowest BCUT2D eigenvalue weighted by Crippen LogP contribution is -2.01. The highest BCUT2D eigenvalue weighted by molar-refractivity contribution is 9.10. The molecule has 0 unspecified atom stereocenters. The van der Waals surface area contributed by atoms with Gasteiger partial charge in [-0.05, 0) is 52.2 Å². The second-order valence-electron chi connectivity index (χ2n) is 3.57. The summed E-state index contributed by atoms with van der Waals surface area (Å²) in [7, 11) is 0. The van der Waals surface area contributed by atoms with Gasteiger partial charge in [0.15, 0.2) is 0 Å². The summed E-state index contributed by atoms with van der Waals surface area (Å²) in [4.78, 5) is 0. The molecule has 0 radical (unpaired) electrons. The van der Waals surface area contributed by atoms with Crippen LogP contribution in [-0.4, -0.2) is 14.8 Å². The summed E-state index contributed by atoms with van der Waals surface area (Å²) in [5, 5.41) is 8.12. The van der Waals surface area contributed by atoms with E-state index < -0.39 is 0 Å². The summed E-state index contributed by atoms with van der Waals surface area (Å²) in [6, 6.07) is 4.68. The second kappa shape index (κ2) is 5.14. The van der Waals surface area contributed by atoms with Gasteiger partial charge in [-0.25, -0.2) is 4.39 Å². The molecule has 0 atom stereocenters. The lowest BCUT2D eigenvalue weighted by Gasteiger charge is -2.07. The van der Waals surface area contributed by atoms with Crippen molar-refractivity contribution in [3.8, 4) is 5.69 Å². The number of nitrogens with zero attached hydrogens (tertiary/aromatic N) is 3. The molecule has 3 nitrogen and oxygen atoms in total. The highest BCUT2D eigenvalue weighted by Crippen LogP contribution is 2.23. The van der Waals surface area contributed by atoms with E-state index in [1.807, 2.05) is 6.92 Å². The number of hydrogen-bond donors (Lipinski definition) is 0. The van der Waals surface area contributed by atoms with Crippen LogP contribution in [0.2, 0.25) is 5.28 Å². The number of aryl methyl sites for hydroxylation is 1. The van der Waals surface area contributed by atoms with Crippen LogP contribution in [0.15, 0.2) is 22.7 Å². The molecular formula is C11H10BrClFN3. The van der Waals surface area contributed by atoms with Crippen LogP contribution in [0.1, 0.15) is 19.2 Å². The zero-order valence-electron chi connectivity index (χ0n) is 9.12. The van der Waals surface area contributed by atoms with Crippen LogP contribution in [0.4, 0.5) is 4.39 Å². The third-order valence-corrected chi connectivity index (χ3v) is 3.18. The van der Waals surface area contributed by atoms with Crippen molar-refractivity contribution in [1.82, 2.24) is 14.8 Å². The number of rotatable bonds is 3.